The second kappa shape index (κ2) is 8.02. The molecule has 2 rings (SSSR count). The van der Waals surface area contributed by atoms with Crippen molar-refractivity contribution in [3.63, 3.8) is 0 Å². The van der Waals surface area contributed by atoms with Gasteiger partial charge in [0.05, 0.1) is 10.9 Å². The molecule has 0 spiro atoms. The highest BCUT2D eigenvalue weighted by molar-refractivity contribution is 6.34. The first-order valence-corrected chi connectivity index (χ1v) is 7.99. The van der Waals surface area contributed by atoms with Gasteiger partial charge in [-0.15, -0.1) is 0 Å². The van der Waals surface area contributed by atoms with E-state index in [1.165, 1.54) is 0 Å². The highest BCUT2D eigenvalue weighted by Gasteiger charge is 2.25. The van der Waals surface area contributed by atoms with Crippen LogP contribution in [0.1, 0.15) is 12.8 Å². The van der Waals surface area contributed by atoms with Crippen molar-refractivity contribution in [1.29, 1.82) is 0 Å². The molecule has 0 aliphatic carbocycles. The number of benzene rings is 1. The lowest BCUT2D eigenvalue weighted by Gasteiger charge is -2.32. The third kappa shape index (κ3) is 5.02. The quantitative estimate of drug-likeness (QED) is 0.825. The molecule has 122 valence electrons. The number of nitrogens with zero attached hydrogens (tertiary/aromatic N) is 1. The van der Waals surface area contributed by atoms with Crippen LogP contribution in [0.5, 0.6) is 5.75 Å². The topological polar surface area (TPSA) is 75.8 Å². The van der Waals surface area contributed by atoms with E-state index in [0.29, 0.717) is 28.9 Å². The van der Waals surface area contributed by atoms with Crippen molar-refractivity contribution >= 4 is 29.1 Å². The summed E-state index contributed by atoms with van der Waals surface area (Å²) >= 11 is 11.9. The maximum atomic E-state index is 11.2. The van der Waals surface area contributed by atoms with Gasteiger partial charge in [0.2, 0.25) is 5.91 Å². The standard InChI is InChI=1S/C15H20Cl2N2O3/c16-11-3-4-13(17)14(6-11)22-9-12(20)8-19-5-1-2-10(7-19)15(18)21/h3-4,6,10,12,20H,1-2,5,7-9H2,(H2,18,21)/t10-,12+/m0/s1. The van der Waals surface area contributed by atoms with Gasteiger partial charge in [0.1, 0.15) is 18.5 Å². The van der Waals surface area contributed by atoms with Crippen LogP contribution in [0.25, 0.3) is 0 Å². The number of halogens is 2. The average Bonchev–Trinajstić information content (AvgIpc) is 2.48. The predicted octanol–water partition coefficient (Wildman–Crippen LogP) is 1.93. The van der Waals surface area contributed by atoms with Gasteiger partial charge in [0.15, 0.2) is 0 Å². The van der Waals surface area contributed by atoms with Gasteiger partial charge in [-0.05, 0) is 31.5 Å². The number of hydrogen-bond donors (Lipinski definition) is 2. The number of ether oxygens (including phenoxy) is 1. The van der Waals surface area contributed by atoms with Crippen molar-refractivity contribution in [2.75, 3.05) is 26.2 Å². The fourth-order valence-electron chi connectivity index (χ4n) is 2.58. The van der Waals surface area contributed by atoms with Crippen LogP contribution in [0.3, 0.4) is 0 Å². The Bertz CT molecular complexity index is 528. The van der Waals surface area contributed by atoms with Gasteiger partial charge in [0.25, 0.3) is 0 Å². The molecule has 2 atom stereocenters. The van der Waals surface area contributed by atoms with Gasteiger partial charge in [-0.25, -0.2) is 0 Å². The number of aliphatic hydroxyl groups is 1. The smallest absolute Gasteiger partial charge is 0.221 e. The number of aliphatic hydroxyl groups excluding tert-OH is 1. The molecule has 0 saturated carbocycles. The lowest BCUT2D eigenvalue weighted by atomic mass is 9.97. The van der Waals surface area contributed by atoms with Gasteiger partial charge in [-0.2, -0.15) is 0 Å². The molecule has 0 radical (unpaired) electrons. The fraction of sp³-hybridized carbons (Fsp3) is 0.533. The first-order valence-electron chi connectivity index (χ1n) is 7.23. The van der Waals surface area contributed by atoms with Crippen LogP contribution in [0.4, 0.5) is 0 Å². The van der Waals surface area contributed by atoms with E-state index in [2.05, 4.69) is 0 Å². The zero-order valence-corrected chi connectivity index (χ0v) is 13.7. The van der Waals surface area contributed by atoms with Crippen LogP contribution in [0, 0.1) is 5.92 Å². The van der Waals surface area contributed by atoms with Crippen LogP contribution in [-0.2, 0) is 4.79 Å². The fourth-order valence-corrected chi connectivity index (χ4v) is 2.91. The van der Waals surface area contributed by atoms with Gasteiger partial charge < -0.3 is 15.6 Å². The van der Waals surface area contributed by atoms with Crippen LogP contribution in [0.2, 0.25) is 10.0 Å². The van der Waals surface area contributed by atoms with Crippen LogP contribution >= 0.6 is 23.2 Å². The minimum absolute atomic E-state index is 0.109. The Labute approximate surface area is 139 Å². The van der Waals surface area contributed by atoms with E-state index < -0.39 is 6.10 Å². The van der Waals surface area contributed by atoms with Crippen molar-refractivity contribution in [1.82, 2.24) is 4.90 Å². The number of rotatable bonds is 6. The van der Waals surface area contributed by atoms with Gasteiger partial charge in [-0.1, -0.05) is 23.2 Å². The summed E-state index contributed by atoms with van der Waals surface area (Å²) in [5.74, 6) is 0.0345. The number of piperidine rings is 1. The third-order valence-electron chi connectivity index (χ3n) is 3.70. The van der Waals surface area contributed by atoms with Crippen LogP contribution < -0.4 is 10.5 Å². The summed E-state index contributed by atoms with van der Waals surface area (Å²) < 4.78 is 5.51. The largest absolute Gasteiger partial charge is 0.489 e. The highest BCUT2D eigenvalue weighted by atomic mass is 35.5. The molecular formula is C15H20Cl2N2O3. The molecule has 7 heteroatoms. The normalized spacial score (nSPS) is 20.6. The minimum Gasteiger partial charge on any atom is -0.489 e. The SMILES string of the molecule is NC(=O)[C@H]1CCCN(C[C@@H](O)COc2cc(Cl)ccc2Cl)C1. The second-order valence-corrected chi connectivity index (χ2v) is 6.38. The molecule has 1 saturated heterocycles. The maximum Gasteiger partial charge on any atom is 0.221 e. The third-order valence-corrected chi connectivity index (χ3v) is 4.25. The Kier molecular flexibility index (Phi) is 6.32. The summed E-state index contributed by atoms with van der Waals surface area (Å²) in [6.45, 7) is 1.98. The molecule has 3 N–H and O–H groups in total. The van der Waals surface area contributed by atoms with E-state index in [0.717, 1.165) is 19.4 Å². The number of likely N-dealkylation sites (tertiary alicyclic amines) is 1. The molecule has 1 heterocycles. The number of β-amino-alcohol motifs (C(OH)–C–C–N with tert-alkyl or cyclic N) is 1. The van der Waals surface area contributed by atoms with Crippen molar-refractivity contribution in [2.45, 2.75) is 18.9 Å². The number of amides is 1. The Morgan fingerprint density at radius 3 is 3.00 bits per heavy atom. The molecule has 1 aliphatic rings. The molecule has 1 aromatic carbocycles. The molecule has 1 fully saturated rings. The monoisotopic (exact) mass is 346 g/mol. The number of hydrogen-bond acceptors (Lipinski definition) is 4. The Hall–Kier alpha value is -1.01. The van der Waals surface area contributed by atoms with Crippen molar-refractivity contribution in [2.24, 2.45) is 11.7 Å². The van der Waals surface area contributed by atoms with E-state index in [-0.39, 0.29) is 18.4 Å². The Balaban J connectivity index is 1.81. The molecule has 22 heavy (non-hydrogen) atoms. The van der Waals surface area contributed by atoms with E-state index in [1.54, 1.807) is 18.2 Å². The average molecular weight is 347 g/mol. The van der Waals surface area contributed by atoms with Crippen LogP contribution in [0.15, 0.2) is 18.2 Å². The summed E-state index contributed by atoms with van der Waals surface area (Å²) in [6, 6.07) is 4.93. The first-order chi connectivity index (χ1) is 10.5. The van der Waals surface area contributed by atoms with Gasteiger partial charge in [-0.3, -0.25) is 9.69 Å². The molecule has 1 aliphatic heterocycles. The minimum atomic E-state index is -0.679. The second-order valence-electron chi connectivity index (χ2n) is 5.54. The predicted molar refractivity (Wildman–Crippen MR) is 86.3 cm³/mol. The van der Waals surface area contributed by atoms with Crippen LogP contribution in [-0.4, -0.2) is 48.3 Å². The lowest BCUT2D eigenvalue weighted by Crippen LogP contribution is -2.45. The molecule has 0 unspecified atom stereocenters. The zero-order chi connectivity index (χ0) is 16.1. The summed E-state index contributed by atoms with van der Waals surface area (Å²) in [5.41, 5.74) is 5.35. The van der Waals surface area contributed by atoms with E-state index in [1.807, 2.05) is 4.90 Å². The van der Waals surface area contributed by atoms with Crippen molar-refractivity contribution < 1.29 is 14.6 Å². The van der Waals surface area contributed by atoms with Gasteiger partial charge in [0, 0.05) is 24.2 Å². The van der Waals surface area contributed by atoms with Crippen molar-refractivity contribution in [3.05, 3.63) is 28.2 Å². The van der Waals surface area contributed by atoms with E-state index in [9.17, 15) is 9.90 Å². The Morgan fingerprint density at radius 1 is 1.50 bits per heavy atom. The Morgan fingerprint density at radius 2 is 2.27 bits per heavy atom. The molecule has 5 nitrogen and oxygen atoms in total. The van der Waals surface area contributed by atoms with E-state index in [4.69, 9.17) is 33.7 Å². The number of carbonyl (C=O) groups excluding carboxylic acids is 1. The first kappa shape index (κ1) is 17.3. The molecular weight excluding hydrogens is 327 g/mol. The summed E-state index contributed by atoms with van der Waals surface area (Å²) in [5, 5.41) is 11.1. The van der Waals surface area contributed by atoms with E-state index >= 15 is 0 Å². The summed E-state index contributed by atoms with van der Waals surface area (Å²) in [7, 11) is 0. The van der Waals surface area contributed by atoms with Crippen molar-refractivity contribution in [3.8, 4) is 5.75 Å². The van der Waals surface area contributed by atoms with Gasteiger partial charge >= 0.3 is 0 Å². The molecule has 1 amide bonds. The molecule has 0 bridgehead atoms. The molecule has 1 aromatic rings. The summed E-state index contributed by atoms with van der Waals surface area (Å²) in [4.78, 5) is 13.3. The lowest BCUT2D eigenvalue weighted by molar-refractivity contribution is -0.123. The number of carbonyl (C=O) groups is 1. The molecule has 0 aromatic heterocycles. The highest BCUT2D eigenvalue weighted by Crippen LogP contribution is 2.27. The number of nitrogens with two attached hydrogens (primary N) is 1. The summed E-state index contributed by atoms with van der Waals surface area (Å²) in [6.07, 6.45) is 1.04. The zero-order valence-electron chi connectivity index (χ0n) is 12.2. The maximum absolute atomic E-state index is 11.2. The number of primary amides is 1.